The predicted molar refractivity (Wildman–Crippen MR) is 89.2 cm³/mol. The van der Waals surface area contributed by atoms with Gasteiger partial charge in [0.1, 0.15) is 5.75 Å². The van der Waals surface area contributed by atoms with E-state index in [9.17, 15) is 18.0 Å². The SMILES string of the molecule is Cc1ccccc1OCCCC(=O)NCc1ccc(C(F)(F)F)cc1. The first-order valence-electron chi connectivity index (χ1n) is 7.97. The summed E-state index contributed by atoms with van der Waals surface area (Å²) in [6.45, 7) is 2.58. The number of para-hydroxylation sites is 1. The van der Waals surface area contributed by atoms with Gasteiger partial charge >= 0.3 is 6.18 Å². The smallest absolute Gasteiger partial charge is 0.416 e. The third kappa shape index (κ3) is 6.14. The molecule has 0 bridgehead atoms. The van der Waals surface area contributed by atoms with Gasteiger partial charge in [0.2, 0.25) is 5.91 Å². The van der Waals surface area contributed by atoms with Crippen molar-refractivity contribution in [1.82, 2.24) is 5.32 Å². The first kappa shape index (κ1) is 18.8. The van der Waals surface area contributed by atoms with Gasteiger partial charge in [0.15, 0.2) is 0 Å². The summed E-state index contributed by atoms with van der Waals surface area (Å²) in [5, 5.41) is 2.69. The van der Waals surface area contributed by atoms with Gasteiger partial charge in [-0.1, -0.05) is 30.3 Å². The second kappa shape index (κ2) is 8.55. The number of aryl methyl sites for hydroxylation is 1. The molecular weight excluding hydrogens is 331 g/mol. The molecule has 0 heterocycles. The van der Waals surface area contributed by atoms with Crippen LogP contribution in [0.25, 0.3) is 0 Å². The van der Waals surface area contributed by atoms with E-state index in [-0.39, 0.29) is 12.5 Å². The molecule has 134 valence electrons. The number of benzene rings is 2. The van der Waals surface area contributed by atoms with Crippen molar-refractivity contribution in [3.05, 3.63) is 65.2 Å². The molecule has 6 heteroatoms. The molecule has 2 aromatic carbocycles. The maximum absolute atomic E-state index is 12.5. The lowest BCUT2D eigenvalue weighted by atomic mass is 10.1. The fourth-order valence-electron chi connectivity index (χ4n) is 2.23. The minimum absolute atomic E-state index is 0.159. The molecule has 2 aromatic rings. The van der Waals surface area contributed by atoms with Gasteiger partial charge in [0, 0.05) is 13.0 Å². The van der Waals surface area contributed by atoms with Crippen LogP contribution in [0.2, 0.25) is 0 Å². The fraction of sp³-hybridized carbons (Fsp3) is 0.316. The molecule has 1 N–H and O–H groups in total. The molecular formula is C19H20F3NO2. The number of carbonyl (C=O) groups is 1. The van der Waals surface area contributed by atoms with Crippen LogP contribution in [0.4, 0.5) is 13.2 Å². The molecule has 0 unspecified atom stereocenters. The quantitative estimate of drug-likeness (QED) is 0.747. The van der Waals surface area contributed by atoms with Gasteiger partial charge in [0.25, 0.3) is 0 Å². The summed E-state index contributed by atoms with van der Waals surface area (Å²) in [6, 6.07) is 12.4. The molecule has 2 rings (SSSR count). The third-order valence-corrected chi connectivity index (χ3v) is 3.67. The molecule has 0 radical (unpaired) electrons. The molecule has 3 nitrogen and oxygen atoms in total. The van der Waals surface area contributed by atoms with Crippen molar-refractivity contribution < 1.29 is 22.7 Å². The summed E-state index contributed by atoms with van der Waals surface area (Å²) in [5.41, 5.74) is 0.961. The van der Waals surface area contributed by atoms with Crippen LogP contribution in [-0.2, 0) is 17.5 Å². The highest BCUT2D eigenvalue weighted by Crippen LogP contribution is 2.29. The number of halogens is 3. The van der Waals surface area contributed by atoms with E-state index >= 15 is 0 Å². The van der Waals surface area contributed by atoms with Crippen LogP contribution in [0.3, 0.4) is 0 Å². The largest absolute Gasteiger partial charge is 0.493 e. The highest BCUT2D eigenvalue weighted by atomic mass is 19.4. The molecule has 1 amide bonds. The second-order valence-corrected chi connectivity index (χ2v) is 5.69. The summed E-state index contributed by atoms with van der Waals surface area (Å²) in [5.74, 6) is 0.640. The molecule has 0 aliphatic heterocycles. The van der Waals surface area contributed by atoms with Gasteiger partial charge < -0.3 is 10.1 Å². The normalized spacial score (nSPS) is 11.2. The summed E-state index contributed by atoms with van der Waals surface area (Å²) >= 11 is 0. The van der Waals surface area contributed by atoms with Crippen molar-refractivity contribution in [3.63, 3.8) is 0 Å². The molecule has 0 aromatic heterocycles. The Labute approximate surface area is 144 Å². The minimum Gasteiger partial charge on any atom is -0.493 e. The summed E-state index contributed by atoms with van der Waals surface area (Å²) in [6.07, 6.45) is -3.49. The number of hydrogen-bond donors (Lipinski definition) is 1. The maximum Gasteiger partial charge on any atom is 0.416 e. The zero-order valence-corrected chi connectivity index (χ0v) is 13.9. The van der Waals surface area contributed by atoms with E-state index in [0.717, 1.165) is 23.4 Å². The Hall–Kier alpha value is -2.50. The Morgan fingerprint density at radius 2 is 1.76 bits per heavy atom. The Balaban J connectivity index is 1.68. The van der Waals surface area contributed by atoms with E-state index in [0.29, 0.717) is 25.0 Å². The standard InChI is InChI=1S/C19H20F3NO2/c1-14-5-2-3-6-17(14)25-12-4-7-18(24)23-13-15-8-10-16(11-9-15)19(20,21)22/h2-3,5-6,8-11H,4,7,12-13H2,1H3,(H,23,24). The van der Waals surface area contributed by atoms with Gasteiger partial charge in [-0.25, -0.2) is 0 Å². The van der Waals surface area contributed by atoms with Gasteiger partial charge in [-0.3, -0.25) is 4.79 Å². The number of nitrogens with one attached hydrogen (secondary N) is 1. The number of carbonyl (C=O) groups excluding carboxylic acids is 1. The van der Waals surface area contributed by atoms with Crippen LogP contribution >= 0.6 is 0 Å². The summed E-state index contributed by atoms with van der Waals surface area (Å²) < 4.78 is 43.0. The van der Waals surface area contributed by atoms with Gasteiger partial charge in [-0.2, -0.15) is 13.2 Å². The lowest BCUT2D eigenvalue weighted by Crippen LogP contribution is -2.23. The van der Waals surface area contributed by atoms with E-state index in [1.165, 1.54) is 12.1 Å². The first-order valence-corrected chi connectivity index (χ1v) is 7.97. The van der Waals surface area contributed by atoms with Crippen molar-refractivity contribution in [2.24, 2.45) is 0 Å². The first-order chi connectivity index (χ1) is 11.9. The Morgan fingerprint density at radius 3 is 2.40 bits per heavy atom. The average molecular weight is 351 g/mol. The Bertz CT molecular complexity index is 697. The number of ether oxygens (including phenoxy) is 1. The van der Waals surface area contributed by atoms with E-state index in [1.807, 2.05) is 31.2 Å². The highest BCUT2D eigenvalue weighted by Gasteiger charge is 2.29. The van der Waals surface area contributed by atoms with E-state index in [2.05, 4.69) is 5.32 Å². The van der Waals surface area contributed by atoms with Crippen LogP contribution < -0.4 is 10.1 Å². The van der Waals surface area contributed by atoms with Crippen molar-refractivity contribution in [1.29, 1.82) is 0 Å². The molecule has 0 saturated carbocycles. The van der Waals surface area contributed by atoms with Crippen molar-refractivity contribution >= 4 is 5.91 Å². The minimum atomic E-state index is -4.35. The topological polar surface area (TPSA) is 38.3 Å². The zero-order chi connectivity index (χ0) is 18.3. The van der Waals surface area contributed by atoms with Crippen LogP contribution in [0.1, 0.15) is 29.5 Å². The van der Waals surface area contributed by atoms with E-state index in [4.69, 9.17) is 4.74 Å². The van der Waals surface area contributed by atoms with Crippen LogP contribution in [0.15, 0.2) is 48.5 Å². The lowest BCUT2D eigenvalue weighted by Gasteiger charge is -2.10. The van der Waals surface area contributed by atoms with Gasteiger partial charge in [-0.15, -0.1) is 0 Å². The highest BCUT2D eigenvalue weighted by molar-refractivity contribution is 5.75. The van der Waals surface area contributed by atoms with Crippen LogP contribution in [0.5, 0.6) is 5.75 Å². The second-order valence-electron chi connectivity index (χ2n) is 5.69. The van der Waals surface area contributed by atoms with Crippen LogP contribution in [-0.4, -0.2) is 12.5 Å². The lowest BCUT2D eigenvalue weighted by molar-refractivity contribution is -0.137. The molecule has 0 atom stereocenters. The van der Waals surface area contributed by atoms with Gasteiger partial charge in [-0.05, 0) is 42.7 Å². The third-order valence-electron chi connectivity index (χ3n) is 3.67. The van der Waals surface area contributed by atoms with E-state index in [1.54, 1.807) is 0 Å². The summed E-state index contributed by atoms with van der Waals surface area (Å²) in [4.78, 5) is 11.8. The van der Waals surface area contributed by atoms with Crippen molar-refractivity contribution in [3.8, 4) is 5.75 Å². The number of amides is 1. The molecule has 0 saturated heterocycles. The zero-order valence-electron chi connectivity index (χ0n) is 13.9. The average Bonchev–Trinajstić information content (AvgIpc) is 2.58. The number of rotatable bonds is 7. The van der Waals surface area contributed by atoms with E-state index < -0.39 is 11.7 Å². The van der Waals surface area contributed by atoms with Crippen molar-refractivity contribution in [2.75, 3.05) is 6.61 Å². The Morgan fingerprint density at radius 1 is 1.08 bits per heavy atom. The summed E-state index contributed by atoms with van der Waals surface area (Å²) in [7, 11) is 0. The molecule has 0 aliphatic carbocycles. The number of alkyl halides is 3. The molecule has 0 spiro atoms. The Kier molecular flexibility index (Phi) is 6.44. The fourth-order valence-corrected chi connectivity index (χ4v) is 2.23. The molecule has 0 fully saturated rings. The monoisotopic (exact) mass is 351 g/mol. The molecule has 25 heavy (non-hydrogen) atoms. The number of hydrogen-bond acceptors (Lipinski definition) is 2. The maximum atomic E-state index is 12.5. The van der Waals surface area contributed by atoms with Gasteiger partial charge in [0.05, 0.1) is 12.2 Å². The molecule has 0 aliphatic rings. The predicted octanol–water partition coefficient (Wildman–Crippen LogP) is 4.49. The van der Waals surface area contributed by atoms with Crippen LogP contribution in [0, 0.1) is 6.92 Å². The van der Waals surface area contributed by atoms with Crippen molar-refractivity contribution in [2.45, 2.75) is 32.5 Å².